The lowest BCUT2D eigenvalue weighted by Crippen LogP contribution is -2.34. The largest absolute Gasteiger partial charge is 0.465 e. The number of rotatable bonds is 5. The summed E-state index contributed by atoms with van der Waals surface area (Å²) in [4.78, 5) is 25.7. The van der Waals surface area contributed by atoms with E-state index in [0.717, 1.165) is 11.3 Å². The number of nitrogens with zero attached hydrogens (tertiary/aromatic N) is 1. The van der Waals surface area contributed by atoms with Crippen LogP contribution in [0.15, 0.2) is 0 Å². The minimum absolute atomic E-state index is 0.00193. The van der Waals surface area contributed by atoms with Crippen molar-refractivity contribution in [3.8, 4) is 0 Å². The topological polar surface area (TPSA) is 115 Å². The van der Waals surface area contributed by atoms with Gasteiger partial charge in [0.2, 0.25) is 5.91 Å². The Bertz CT molecular complexity index is 436. The van der Waals surface area contributed by atoms with E-state index in [1.54, 1.807) is 0 Å². The number of anilines is 1. The molecule has 9 heteroatoms. The first kappa shape index (κ1) is 13.7. The highest BCUT2D eigenvalue weighted by Crippen LogP contribution is 2.27. The van der Waals surface area contributed by atoms with Gasteiger partial charge in [-0.1, -0.05) is 22.9 Å². The van der Waals surface area contributed by atoms with Crippen molar-refractivity contribution in [1.29, 1.82) is 0 Å². The van der Waals surface area contributed by atoms with E-state index in [1.165, 1.54) is 7.11 Å². The molecule has 0 aliphatic rings. The van der Waals surface area contributed by atoms with Crippen molar-refractivity contribution in [2.75, 3.05) is 19.0 Å². The van der Waals surface area contributed by atoms with Crippen molar-refractivity contribution >= 4 is 39.9 Å². The number of thiazole rings is 1. The summed E-state index contributed by atoms with van der Waals surface area (Å²) in [6.45, 7) is -0.111. The third-order valence-corrected chi connectivity index (χ3v) is 3.11. The average molecular weight is 280 g/mol. The fraction of sp³-hybridized carbons (Fsp3) is 0.375. The number of halogens is 1. The molecule has 1 aromatic heterocycles. The van der Waals surface area contributed by atoms with Crippen LogP contribution in [0, 0.1) is 0 Å². The zero-order valence-corrected chi connectivity index (χ0v) is 10.3. The average Bonchev–Trinajstić information content (AvgIpc) is 2.66. The van der Waals surface area contributed by atoms with Crippen LogP contribution in [0.4, 0.5) is 5.13 Å². The molecule has 17 heavy (non-hydrogen) atoms. The van der Waals surface area contributed by atoms with Gasteiger partial charge in [-0.2, -0.15) is 0 Å². The van der Waals surface area contributed by atoms with Crippen LogP contribution in [0.5, 0.6) is 0 Å². The molecule has 94 valence electrons. The highest BCUT2D eigenvalue weighted by atomic mass is 35.5. The minimum Gasteiger partial charge on any atom is -0.465 e. The van der Waals surface area contributed by atoms with Crippen molar-refractivity contribution in [3.63, 3.8) is 0 Å². The highest BCUT2D eigenvalue weighted by Gasteiger charge is 2.18. The van der Waals surface area contributed by atoms with E-state index in [4.69, 9.17) is 22.4 Å². The van der Waals surface area contributed by atoms with Gasteiger partial charge in [-0.3, -0.25) is 4.79 Å². The maximum absolute atomic E-state index is 11.2. The second-order valence-electron chi connectivity index (χ2n) is 2.93. The number of aromatic nitrogens is 1. The number of carbonyl (C=O) groups is 2. The van der Waals surface area contributed by atoms with E-state index in [0.29, 0.717) is 0 Å². The summed E-state index contributed by atoms with van der Waals surface area (Å²) in [6.07, 6.45) is -1.33. The number of nitrogens with two attached hydrogens (primary N) is 1. The van der Waals surface area contributed by atoms with Gasteiger partial charge in [0.1, 0.15) is 6.10 Å². The number of hydrogen-bond donors (Lipinski definition) is 3. The molecule has 1 rings (SSSR count). The summed E-state index contributed by atoms with van der Waals surface area (Å²) >= 11 is 6.65. The molecule has 0 radical (unpaired) electrons. The number of carbonyl (C=O) groups excluding carboxylic acids is 2. The van der Waals surface area contributed by atoms with Gasteiger partial charge < -0.3 is 20.9 Å². The first-order valence-corrected chi connectivity index (χ1v) is 5.61. The number of hydrogen-bond acceptors (Lipinski definition) is 7. The number of nitrogens with one attached hydrogen (secondary N) is 1. The van der Waals surface area contributed by atoms with Crippen molar-refractivity contribution in [3.05, 3.63) is 10.0 Å². The van der Waals surface area contributed by atoms with Gasteiger partial charge in [0, 0.05) is 0 Å². The fourth-order valence-electron chi connectivity index (χ4n) is 0.880. The van der Waals surface area contributed by atoms with Crippen LogP contribution in [0.25, 0.3) is 0 Å². The van der Waals surface area contributed by atoms with Crippen LogP contribution in [-0.4, -0.2) is 41.7 Å². The monoisotopic (exact) mass is 279 g/mol. The third kappa shape index (κ3) is 3.55. The first-order chi connectivity index (χ1) is 7.95. The molecule has 0 aliphatic carbocycles. The molecule has 1 heterocycles. The van der Waals surface area contributed by atoms with Crippen molar-refractivity contribution in [2.45, 2.75) is 6.10 Å². The van der Waals surface area contributed by atoms with Crippen LogP contribution in [-0.2, 0) is 9.53 Å². The zero-order valence-electron chi connectivity index (χ0n) is 8.77. The van der Waals surface area contributed by atoms with Gasteiger partial charge in [0.15, 0.2) is 15.2 Å². The minimum atomic E-state index is -1.33. The van der Waals surface area contributed by atoms with Gasteiger partial charge in [0.25, 0.3) is 0 Å². The summed E-state index contributed by atoms with van der Waals surface area (Å²) in [5.41, 5.74) is 4.86. The van der Waals surface area contributed by atoms with Crippen LogP contribution in [0.2, 0.25) is 5.15 Å². The van der Waals surface area contributed by atoms with E-state index in [1.807, 2.05) is 0 Å². The zero-order chi connectivity index (χ0) is 13.0. The SMILES string of the molecule is COC(=O)c1sc(NCC(O)C(N)=O)nc1Cl. The number of primary amides is 1. The van der Waals surface area contributed by atoms with Crippen LogP contribution in [0.3, 0.4) is 0 Å². The number of methoxy groups -OCH3 is 1. The summed E-state index contributed by atoms with van der Waals surface area (Å²) in [7, 11) is 1.22. The molecular weight excluding hydrogens is 270 g/mol. The highest BCUT2D eigenvalue weighted by molar-refractivity contribution is 7.18. The number of ether oxygens (including phenoxy) is 1. The lowest BCUT2D eigenvalue weighted by molar-refractivity contribution is -0.125. The van der Waals surface area contributed by atoms with Crippen molar-refractivity contribution in [2.24, 2.45) is 5.73 Å². The number of aliphatic hydroxyl groups excluding tert-OH is 1. The van der Waals surface area contributed by atoms with E-state index < -0.39 is 18.0 Å². The molecule has 1 aromatic rings. The molecule has 0 spiro atoms. The Kier molecular flexibility index (Phi) is 4.67. The quantitative estimate of drug-likeness (QED) is 0.645. The van der Waals surface area contributed by atoms with Gasteiger partial charge in [-0.25, -0.2) is 9.78 Å². The number of esters is 1. The third-order valence-electron chi connectivity index (χ3n) is 1.73. The van der Waals surface area contributed by atoms with E-state index >= 15 is 0 Å². The summed E-state index contributed by atoms with van der Waals surface area (Å²) in [5, 5.41) is 12.1. The molecule has 0 saturated carbocycles. The second-order valence-corrected chi connectivity index (χ2v) is 4.29. The first-order valence-electron chi connectivity index (χ1n) is 4.41. The van der Waals surface area contributed by atoms with Gasteiger partial charge in [-0.15, -0.1) is 0 Å². The molecular formula is C8H10ClN3O4S. The Morgan fingerprint density at radius 1 is 1.71 bits per heavy atom. The molecule has 1 amide bonds. The maximum atomic E-state index is 11.2. The van der Waals surface area contributed by atoms with Gasteiger partial charge in [-0.05, 0) is 0 Å². The van der Waals surface area contributed by atoms with E-state index in [9.17, 15) is 9.59 Å². The number of aliphatic hydroxyl groups is 1. The Morgan fingerprint density at radius 3 is 2.88 bits per heavy atom. The van der Waals surface area contributed by atoms with Gasteiger partial charge in [0.05, 0.1) is 13.7 Å². The molecule has 0 saturated heterocycles. The lowest BCUT2D eigenvalue weighted by atomic mass is 10.3. The molecule has 7 nitrogen and oxygen atoms in total. The van der Waals surface area contributed by atoms with Crippen LogP contribution in [0.1, 0.15) is 9.67 Å². The molecule has 1 atom stereocenters. The number of amides is 1. The summed E-state index contributed by atoms with van der Waals surface area (Å²) < 4.78 is 4.49. The molecule has 0 aliphatic heterocycles. The summed E-state index contributed by atoms with van der Waals surface area (Å²) in [5.74, 6) is -1.45. The molecule has 0 aromatic carbocycles. The van der Waals surface area contributed by atoms with Crippen molar-refractivity contribution in [1.82, 2.24) is 4.98 Å². The van der Waals surface area contributed by atoms with Crippen LogP contribution < -0.4 is 11.1 Å². The van der Waals surface area contributed by atoms with Gasteiger partial charge >= 0.3 is 5.97 Å². The Labute approximate surface area is 106 Å². The predicted octanol–water partition coefficient (Wildman–Crippen LogP) is -0.159. The molecule has 0 fully saturated rings. The Morgan fingerprint density at radius 2 is 2.35 bits per heavy atom. The Hall–Kier alpha value is -1.38. The lowest BCUT2D eigenvalue weighted by Gasteiger charge is -2.05. The smallest absolute Gasteiger partial charge is 0.351 e. The second kappa shape index (κ2) is 5.80. The fourth-order valence-corrected chi connectivity index (χ4v) is 1.99. The van der Waals surface area contributed by atoms with Crippen LogP contribution >= 0.6 is 22.9 Å². The van der Waals surface area contributed by atoms with Crippen molar-refractivity contribution < 1.29 is 19.4 Å². The maximum Gasteiger partial charge on any atom is 0.351 e. The van der Waals surface area contributed by atoms with E-state index in [2.05, 4.69) is 15.0 Å². The molecule has 0 bridgehead atoms. The molecule has 4 N–H and O–H groups in total. The Balaban J connectivity index is 2.68. The summed E-state index contributed by atoms with van der Waals surface area (Å²) in [6, 6.07) is 0. The standard InChI is InChI=1S/C8H10ClN3O4S/c1-16-7(15)4-5(9)12-8(17-4)11-2-3(13)6(10)14/h3,13H,2H2,1H3,(H2,10,14)(H,11,12). The predicted molar refractivity (Wildman–Crippen MR) is 62.2 cm³/mol. The molecule has 1 unspecified atom stereocenters. The normalized spacial score (nSPS) is 11.9. The van der Waals surface area contributed by atoms with E-state index in [-0.39, 0.29) is 21.7 Å².